The monoisotopic (exact) mass is 380 g/mol. The van der Waals surface area contributed by atoms with Gasteiger partial charge in [0.25, 0.3) is 5.91 Å². The summed E-state index contributed by atoms with van der Waals surface area (Å²) in [6, 6.07) is 11.8. The molecular formula is C21H24N4O3. The first kappa shape index (κ1) is 18.6. The Kier molecular flexibility index (Phi) is 5.36. The van der Waals surface area contributed by atoms with Gasteiger partial charge >= 0.3 is 0 Å². The normalized spacial score (nSPS) is 17.2. The third-order valence-electron chi connectivity index (χ3n) is 4.75. The van der Waals surface area contributed by atoms with Crippen molar-refractivity contribution in [3.05, 3.63) is 48.2 Å². The molecule has 0 bridgehead atoms. The summed E-state index contributed by atoms with van der Waals surface area (Å²) >= 11 is 0. The van der Waals surface area contributed by atoms with Crippen molar-refractivity contribution in [2.75, 3.05) is 26.4 Å². The van der Waals surface area contributed by atoms with E-state index in [4.69, 9.17) is 14.5 Å². The van der Waals surface area contributed by atoms with Crippen molar-refractivity contribution in [2.24, 2.45) is 0 Å². The summed E-state index contributed by atoms with van der Waals surface area (Å²) in [6.45, 7) is 6.14. The molecule has 0 radical (unpaired) electrons. The summed E-state index contributed by atoms with van der Waals surface area (Å²) in [5.41, 5.74) is 2.98. The van der Waals surface area contributed by atoms with Crippen molar-refractivity contribution in [1.29, 1.82) is 0 Å². The number of carbonyl (C=O) groups is 1. The summed E-state index contributed by atoms with van der Waals surface area (Å²) in [4.78, 5) is 17.8. The van der Waals surface area contributed by atoms with E-state index < -0.39 is 0 Å². The molecular weight excluding hydrogens is 356 g/mol. The van der Waals surface area contributed by atoms with E-state index in [2.05, 4.69) is 10.4 Å². The fraction of sp³-hybridized carbons (Fsp3) is 0.381. The van der Waals surface area contributed by atoms with E-state index in [9.17, 15) is 4.79 Å². The zero-order chi connectivity index (χ0) is 19.5. The van der Waals surface area contributed by atoms with E-state index in [1.165, 1.54) is 0 Å². The van der Waals surface area contributed by atoms with E-state index >= 15 is 0 Å². The highest BCUT2D eigenvalue weighted by Gasteiger charge is 2.20. The number of amides is 1. The van der Waals surface area contributed by atoms with Gasteiger partial charge in [-0.15, -0.1) is 0 Å². The third kappa shape index (κ3) is 3.76. The Hall–Kier alpha value is -2.77. The number of carbonyl (C=O) groups excluding carboxylic acids is 1. The predicted molar refractivity (Wildman–Crippen MR) is 106 cm³/mol. The predicted octanol–water partition coefficient (Wildman–Crippen LogP) is 2.82. The molecule has 7 nitrogen and oxygen atoms in total. The van der Waals surface area contributed by atoms with Crippen LogP contribution in [0, 0.1) is 0 Å². The lowest BCUT2D eigenvalue weighted by Crippen LogP contribution is -2.39. The lowest BCUT2D eigenvalue weighted by atomic mass is 10.1. The van der Waals surface area contributed by atoms with Crippen LogP contribution in [0.25, 0.3) is 22.3 Å². The van der Waals surface area contributed by atoms with Gasteiger partial charge in [-0.2, -0.15) is 5.10 Å². The van der Waals surface area contributed by atoms with E-state index in [-0.39, 0.29) is 18.1 Å². The molecule has 0 unspecified atom stereocenters. The summed E-state index contributed by atoms with van der Waals surface area (Å²) < 4.78 is 12.9. The average Bonchev–Trinajstić information content (AvgIpc) is 3.17. The van der Waals surface area contributed by atoms with Gasteiger partial charge in [-0.3, -0.25) is 4.79 Å². The Morgan fingerprint density at radius 1 is 1.29 bits per heavy atom. The number of fused-ring (bicyclic) bond motifs is 1. The van der Waals surface area contributed by atoms with Crippen molar-refractivity contribution in [2.45, 2.75) is 26.0 Å². The number of hydrogen-bond acceptors (Lipinski definition) is 5. The van der Waals surface area contributed by atoms with Crippen LogP contribution in [0.4, 0.5) is 0 Å². The van der Waals surface area contributed by atoms with Gasteiger partial charge < -0.3 is 14.8 Å². The van der Waals surface area contributed by atoms with Gasteiger partial charge in [0.2, 0.25) is 0 Å². The van der Waals surface area contributed by atoms with Gasteiger partial charge in [0.05, 0.1) is 48.8 Å². The largest absolute Gasteiger partial charge is 0.376 e. The maximum Gasteiger partial charge on any atom is 0.252 e. The quantitative estimate of drug-likeness (QED) is 0.736. The van der Waals surface area contributed by atoms with Crippen LogP contribution in [-0.4, -0.2) is 53.1 Å². The molecule has 28 heavy (non-hydrogen) atoms. The summed E-state index contributed by atoms with van der Waals surface area (Å²) in [6.07, 6.45) is 1.59. The van der Waals surface area contributed by atoms with E-state index in [1.54, 1.807) is 6.20 Å². The average molecular weight is 380 g/mol. The van der Waals surface area contributed by atoms with Crippen LogP contribution >= 0.6 is 0 Å². The van der Waals surface area contributed by atoms with E-state index in [0.29, 0.717) is 37.6 Å². The highest BCUT2D eigenvalue weighted by atomic mass is 16.6. The molecule has 3 aromatic rings. The maximum absolute atomic E-state index is 13.0. The smallest absolute Gasteiger partial charge is 0.252 e. The SMILES string of the molecule is CC(C)n1ncc2c(C(=O)NC[C@@H]3COCCO3)cc(-c3ccccc3)nc21. The topological polar surface area (TPSA) is 78.3 Å². The number of ether oxygens (including phenoxy) is 2. The molecule has 1 N–H and O–H groups in total. The molecule has 1 fully saturated rings. The van der Waals surface area contributed by atoms with E-state index in [1.807, 2.05) is 54.9 Å². The number of benzene rings is 1. The van der Waals surface area contributed by atoms with Gasteiger partial charge in [0, 0.05) is 18.2 Å². The second kappa shape index (κ2) is 8.08. The van der Waals surface area contributed by atoms with Crippen LogP contribution in [0.5, 0.6) is 0 Å². The van der Waals surface area contributed by atoms with Gasteiger partial charge in [0.1, 0.15) is 0 Å². The van der Waals surface area contributed by atoms with Crippen LogP contribution < -0.4 is 5.32 Å². The molecule has 0 aliphatic carbocycles. The van der Waals surface area contributed by atoms with Gasteiger partial charge in [-0.1, -0.05) is 30.3 Å². The third-order valence-corrected chi connectivity index (χ3v) is 4.75. The minimum Gasteiger partial charge on any atom is -0.376 e. The number of hydrogen-bond donors (Lipinski definition) is 1. The summed E-state index contributed by atoms with van der Waals surface area (Å²) in [7, 11) is 0. The Bertz CT molecular complexity index is 962. The van der Waals surface area contributed by atoms with Crippen molar-refractivity contribution < 1.29 is 14.3 Å². The van der Waals surface area contributed by atoms with Gasteiger partial charge in [-0.25, -0.2) is 9.67 Å². The molecule has 0 spiro atoms. The van der Waals surface area contributed by atoms with Crippen LogP contribution in [0.2, 0.25) is 0 Å². The van der Waals surface area contributed by atoms with Crippen molar-refractivity contribution >= 4 is 16.9 Å². The zero-order valence-electron chi connectivity index (χ0n) is 16.1. The molecule has 1 atom stereocenters. The highest BCUT2D eigenvalue weighted by molar-refractivity contribution is 6.06. The van der Waals surface area contributed by atoms with Gasteiger partial charge in [-0.05, 0) is 19.9 Å². The molecule has 2 aromatic heterocycles. The summed E-state index contributed by atoms with van der Waals surface area (Å²) in [5, 5.41) is 8.16. The lowest BCUT2D eigenvalue weighted by Gasteiger charge is -2.23. The molecule has 1 aliphatic rings. The fourth-order valence-electron chi connectivity index (χ4n) is 3.30. The molecule has 3 heterocycles. The van der Waals surface area contributed by atoms with E-state index in [0.717, 1.165) is 16.6 Å². The first-order chi connectivity index (χ1) is 13.6. The Balaban J connectivity index is 1.70. The Labute approximate surface area is 163 Å². The van der Waals surface area contributed by atoms with Crippen LogP contribution in [0.15, 0.2) is 42.6 Å². The second-order valence-corrected chi connectivity index (χ2v) is 7.12. The maximum atomic E-state index is 13.0. The molecule has 1 amide bonds. The van der Waals surface area contributed by atoms with Gasteiger partial charge in [0.15, 0.2) is 5.65 Å². The number of nitrogens with one attached hydrogen (secondary N) is 1. The second-order valence-electron chi connectivity index (χ2n) is 7.12. The Morgan fingerprint density at radius 3 is 2.82 bits per heavy atom. The van der Waals surface area contributed by atoms with Crippen molar-refractivity contribution in [1.82, 2.24) is 20.1 Å². The van der Waals surface area contributed by atoms with Crippen molar-refractivity contribution in [3.8, 4) is 11.3 Å². The molecule has 1 aromatic carbocycles. The molecule has 4 rings (SSSR count). The van der Waals surface area contributed by atoms with Crippen LogP contribution in [0.3, 0.4) is 0 Å². The summed E-state index contributed by atoms with van der Waals surface area (Å²) in [5.74, 6) is -0.165. The zero-order valence-corrected chi connectivity index (χ0v) is 16.1. The minimum atomic E-state index is -0.165. The molecule has 1 aliphatic heterocycles. The number of nitrogens with zero attached hydrogens (tertiary/aromatic N) is 3. The minimum absolute atomic E-state index is 0.123. The molecule has 0 saturated carbocycles. The van der Waals surface area contributed by atoms with Crippen molar-refractivity contribution in [3.63, 3.8) is 0 Å². The standard InChI is InChI=1S/C21H24N4O3/c1-14(2)25-20-18(12-23-25)17(10-19(24-20)15-6-4-3-5-7-15)21(26)22-11-16-13-27-8-9-28-16/h3-7,10,12,14,16H,8-9,11,13H2,1-2H3,(H,22,26)/t16-/m1/s1. The highest BCUT2D eigenvalue weighted by Crippen LogP contribution is 2.26. The van der Waals surface area contributed by atoms with Crippen LogP contribution in [0.1, 0.15) is 30.2 Å². The molecule has 1 saturated heterocycles. The first-order valence-corrected chi connectivity index (χ1v) is 9.54. The first-order valence-electron chi connectivity index (χ1n) is 9.54. The number of rotatable bonds is 5. The number of aromatic nitrogens is 3. The van der Waals surface area contributed by atoms with Crippen LogP contribution in [-0.2, 0) is 9.47 Å². The molecule has 7 heteroatoms. The lowest BCUT2D eigenvalue weighted by molar-refractivity contribution is -0.0855. The Morgan fingerprint density at radius 2 is 2.11 bits per heavy atom. The number of pyridine rings is 1. The fourth-order valence-corrected chi connectivity index (χ4v) is 3.30. The molecule has 146 valence electrons.